The van der Waals surface area contributed by atoms with Crippen molar-refractivity contribution in [3.63, 3.8) is 0 Å². The maximum absolute atomic E-state index is 10.6. The van der Waals surface area contributed by atoms with Crippen molar-refractivity contribution in [2.45, 2.75) is 18.9 Å². The first-order valence-corrected chi connectivity index (χ1v) is 5.08. The maximum atomic E-state index is 10.6. The van der Waals surface area contributed by atoms with Gasteiger partial charge in [0.05, 0.1) is 12.5 Å². The third kappa shape index (κ3) is 1.68. The van der Waals surface area contributed by atoms with Gasteiger partial charge >= 0.3 is 0 Å². The molecule has 1 aromatic carbocycles. The number of hydrogen-bond acceptors (Lipinski definition) is 2. The van der Waals surface area contributed by atoms with E-state index >= 15 is 0 Å². The highest BCUT2D eigenvalue weighted by Crippen LogP contribution is 2.32. The molecule has 1 aromatic heterocycles. The molecule has 1 heterocycles. The molecule has 0 saturated heterocycles. The van der Waals surface area contributed by atoms with Gasteiger partial charge in [0.1, 0.15) is 5.60 Å². The lowest BCUT2D eigenvalue weighted by molar-refractivity contribution is 0.0759. The van der Waals surface area contributed by atoms with E-state index in [1.807, 2.05) is 37.3 Å². The van der Waals surface area contributed by atoms with Gasteiger partial charge in [-0.1, -0.05) is 37.3 Å². The van der Waals surface area contributed by atoms with Gasteiger partial charge < -0.3 is 9.52 Å². The minimum Gasteiger partial charge on any atom is -0.472 e. The lowest BCUT2D eigenvalue weighted by Gasteiger charge is -2.26. The Morgan fingerprint density at radius 1 is 1.13 bits per heavy atom. The van der Waals surface area contributed by atoms with Crippen LogP contribution in [-0.4, -0.2) is 5.11 Å². The molecule has 1 unspecified atom stereocenters. The van der Waals surface area contributed by atoms with E-state index in [0.29, 0.717) is 6.42 Å². The van der Waals surface area contributed by atoms with Crippen LogP contribution >= 0.6 is 0 Å². The van der Waals surface area contributed by atoms with Gasteiger partial charge in [-0.25, -0.2) is 0 Å². The highest BCUT2D eigenvalue weighted by molar-refractivity contribution is 5.33. The molecular weight excluding hydrogens is 188 g/mol. The van der Waals surface area contributed by atoms with E-state index in [4.69, 9.17) is 4.42 Å². The Bertz CT molecular complexity index is 405. The first kappa shape index (κ1) is 9.99. The zero-order valence-electron chi connectivity index (χ0n) is 8.68. The fourth-order valence-corrected chi connectivity index (χ4v) is 1.79. The standard InChI is InChI=1S/C13H14O2/c1-2-13(14,12-8-9-15-10-12)11-6-4-3-5-7-11/h3-10,14H,2H2,1H3. The molecule has 0 radical (unpaired) electrons. The van der Waals surface area contributed by atoms with Crippen molar-refractivity contribution >= 4 is 0 Å². The van der Waals surface area contributed by atoms with Gasteiger partial charge in [-0.3, -0.25) is 0 Å². The predicted molar refractivity (Wildman–Crippen MR) is 58.4 cm³/mol. The second kappa shape index (κ2) is 3.91. The van der Waals surface area contributed by atoms with Crippen LogP contribution in [0.25, 0.3) is 0 Å². The second-order valence-electron chi connectivity index (χ2n) is 3.59. The fourth-order valence-electron chi connectivity index (χ4n) is 1.79. The summed E-state index contributed by atoms with van der Waals surface area (Å²) in [6.07, 6.45) is 3.80. The zero-order valence-corrected chi connectivity index (χ0v) is 8.68. The molecule has 0 saturated carbocycles. The smallest absolute Gasteiger partial charge is 0.117 e. The van der Waals surface area contributed by atoms with Crippen LogP contribution in [0.4, 0.5) is 0 Å². The number of furan rings is 1. The topological polar surface area (TPSA) is 33.4 Å². The summed E-state index contributed by atoms with van der Waals surface area (Å²) < 4.78 is 5.02. The largest absolute Gasteiger partial charge is 0.472 e. The quantitative estimate of drug-likeness (QED) is 0.830. The molecule has 0 aliphatic carbocycles. The van der Waals surface area contributed by atoms with E-state index in [9.17, 15) is 5.11 Å². The first-order valence-electron chi connectivity index (χ1n) is 5.08. The summed E-state index contributed by atoms with van der Waals surface area (Å²) in [6.45, 7) is 1.96. The van der Waals surface area contributed by atoms with Crippen molar-refractivity contribution in [3.05, 3.63) is 60.1 Å². The van der Waals surface area contributed by atoms with Crippen molar-refractivity contribution in [1.29, 1.82) is 0 Å². The summed E-state index contributed by atoms with van der Waals surface area (Å²) >= 11 is 0. The van der Waals surface area contributed by atoms with E-state index in [1.54, 1.807) is 18.6 Å². The number of hydrogen-bond donors (Lipinski definition) is 1. The molecule has 0 fully saturated rings. The van der Waals surface area contributed by atoms with Gasteiger partial charge in [0, 0.05) is 5.56 Å². The van der Waals surface area contributed by atoms with Crippen LogP contribution in [0.1, 0.15) is 24.5 Å². The molecule has 0 aliphatic heterocycles. The highest BCUT2D eigenvalue weighted by Gasteiger charge is 2.30. The van der Waals surface area contributed by atoms with Crippen LogP contribution in [0.5, 0.6) is 0 Å². The average molecular weight is 202 g/mol. The third-order valence-electron chi connectivity index (χ3n) is 2.76. The molecule has 0 spiro atoms. The monoisotopic (exact) mass is 202 g/mol. The van der Waals surface area contributed by atoms with Crippen molar-refractivity contribution in [2.75, 3.05) is 0 Å². The third-order valence-corrected chi connectivity index (χ3v) is 2.76. The van der Waals surface area contributed by atoms with Crippen LogP contribution in [0.2, 0.25) is 0 Å². The molecule has 0 bridgehead atoms. The van der Waals surface area contributed by atoms with Gasteiger partial charge in [0.25, 0.3) is 0 Å². The molecule has 0 amide bonds. The van der Waals surface area contributed by atoms with Crippen LogP contribution < -0.4 is 0 Å². The van der Waals surface area contributed by atoms with Gasteiger partial charge in [0.2, 0.25) is 0 Å². The normalized spacial score (nSPS) is 14.8. The summed E-state index contributed by atoms with van der Waals surface area (Å²) in [5, 5.41) is 10.6. The molecule has 1 N–H and O–H groups in total. The van der Waals surface area contributed by atoms with Gasteiger partial charge in [-0.05, 0) is 18.1 Å². The molecule has 1 atom stereocenters. The Morgan fingerprint density at radius 3 is 2.40 bits per heavy atom. The predicted octanol–water partition coefficient (Wildman–Crippen LogP) is 2.93. The van der Waals surface area contributed by atoms with E-state index in [-0.39, 0.29) is 0 Å². The minimum absolute atomic E-state index is 0.622. The van der Waals surface area contributed by atoms with Crippen LogP contribution in [0.15, 0.2) is 53.3 Å². The Morgan fingerprint density at radius 2 is 1.87 bits per heavy atom. The van der Waals surface area contributed by atoms with Crippen LogP contribution in [0, 0.1) is 0 Å². The summed E-state index contributed by atoms with van der Waals surface area (Å²) in [5.74, 6) is 0. The van der Waals surface area contributed by atoms with E-state index in [2.05, 4.69) is 0 Å². The number of benzene rings is 1. The van der Waals surface area contributed by atoms with Crippen molar-refractivity contribution in [2.24, 2.45) is 0 Å². The van der Waals surface area contributed by atoms with Crippen molar-refractivity contribution in [1.82, 2.24) is 0 Å². The van der Waals surface area contributed by atoms with E-state index < -0.39 is 5.60 Å². The molecule has 2 heteroatoms. The average Bonchev–Trinajstić information content (AvgIpc) is 2.83. The summed E-state index contributed by atoms with van der Waals surface area (Å²) in [5.41, 5.74) is 0.763. The highest BCUT2D eigenvalue weighted by atomic mass is 16.3. The Labute approximate surface area is 89.2 Å². The molecule has 2 nitrogen and oxygen atoms in total. The molecule has 2 rings (SSSR count). The lowest BCUT2D eigenvalue weighted by atomic mass is 9.86. The second-order valence-corrected chi connectivity index (χ2v) is 3.59. The molecule has 0 aliphatic rings. The first-order chi connectivity index (χ1) is 7.27. The summed E-state index contributed by atoms with van der Waals surface area (Å²) in [6, 6.07) is 11.4. The minimum atomic E-state index is -0.936. The zero-order chi connectivity index (χ0) is 10.7. The van der Waals surface area contributed by atoms with Gasteiger partial charge in [-0.2, -0.15) is 0 Å². The molecule has 15 heavy (non-hydrogen) atoms. The molecule has 78 valence electrons. The Balaban J connectivity index is 2.47. The van der Waals surface area contributed by atoms with Crippen LogP contribution in [-0.2, 0) is 5.60 Å². The van der Waals surface area contributed by atoms with Gasteiger partial charge in [0.15, 0.2) is 0 Å². The molecular formula is C13H14O2. The lowest BCUT2D eigenvalue weighted by Crippen LogP contribution is -2.25. The number of aliphatic hydroxyl groups is 1. The Kier molecular flexibility index (Phi) is 2.60. The SMILES string of the molecule is CCC(O)(c1ccccc1)c1ccoc1. The van der Waals surface area contributed by atoms with Crippen molar-refractivity contribution in [3.8, 4) is 0 Å². The maximum Gasteiger partial charge on any atom is 0.117 e. The van der Waals surface area contributed by atoms with E-state index in [0.717, 1.165) is 11.1 Å². The number of rotatable bonds is 3. The Hall–Kier alpha value is -1.54. The van der Waals surface area contributed by atoms with Crippen molar-refractivity contribution < 1.29 is 9.52 Å². The fraction of sp³-hybridized carbons (Fsp3) is 0.231. The summed E-state index contributed by atoms with van der Waals surface area (Å²) in [7, 11) is 0. The molecule has 2 aromatic rings. The van der Waals surface area contributed by atoms with Gasteiger partial charge in [-0.15, -0.1) is 0 Å². The van der Waals surface area contributed by atoms with Crippen LogP contribution in [0.3, 0.4) is 0 Å². The van der Waals surface area contributed by atoms with E-state index in [1.165, 1.54) is 0 Å². The summed E-state index contributed by atoms with van der Waals surface area (Å²) in [4.78, 5) is 0.